The first-order chi connectivity index (χ1) is 15.5. The lowest BCUT2D eigenvalue weighted by molar-refractivity contribution is -0.130. The molecule has 0 bridgehead atoms. The maximum Gasteiger partial charge on any atom is 0.243 e. The molecular weight excluding hydrogens is 400 g/mol. The van der Waals surface area contributed by atoms with Gasteiger partial charge in [-0.2, -0.15) is 0 Å². The van der Waals surface area contributed by atoms with Gasteiger partial charge < -0.3 is 14.8 Å². The van der Waals surface area contributed by atoms with Gasteiger partial charge in [-0.05, 0) is 30.2 Å². The third-order valence-electron chi connectivity index (χ3n) is 5.36. The summed E-state index contributed by atoms with van der Waals surface area (Å²) in [6.07, 6.45) is 4.29. The summed E-state index contributed by atoms with van der Waals surface area (Å²) >= 11 is 0. The highest BCUT2D eigenvalue weighted by molar-refractivity contribution is 5.81. The Labute approximate surface area is 189 Å². The number of nitrogens with one attached hydrogen (secondary N) is 1. The zero-order valence-corrected chi connectivity index (χ0v) is 18.6. The Morgan fingerprint density at radius 2 is 1.75 bits per heavy atom. The van der Waals surface area contributed by atoms with Crippen LogP contribution >= 0.6 is 0 Å². The molecule has 1 N–H and O–H groups in total. The summed E-state index contributed by atoms with van der Waals surface area (Å²) in [5.41, 5.74) is 3.86. The molecular formula is C26H30N4O2. The summed E-state index contributed by atoms with van der Waals surface area (Å²) in [6, 6.07) is 15.6. The van der Waals surface area contributed by atoms with Crippen LogP contribution in [0.4, 0.5) is 0 Å². The molecule has 0 unspecified atom stereocenters. The molecule has 0 spiro atoms. The maximum atomic E-state index is 12.9. The molecule has 0 aliphatic heterocycles. The minimum absolute atomic E-state index is 0.0267. The number of benzene rings is 2. The molecule has 3 aromatic rings. The van der Waals surface area contributed by atoms with Gasteiger partial charge in [0.25, 0.3) is 0 Å². The molecule has 6 nitrogen and oxygen atoms in total. The summed E-state index contributed by atoms with van der Waals surface area (Å²) in [5.74, 6) is 0.715. The highest BCUT2D eigenvalue weighted by Crippen LogP contribution is 2.17. The van der Waals surface area contributed by atoms with Gasteiger partial charge in [0.1, 0.15) is 12.4 Å². The fourth-order valence-electron chi connectivity index (χ4n) is 3.68. The second-order valence-electron chi connectivity index (χ2n) is 7.68. The molecule has 2 amide bonds. The number of carbonyl (C=O) groups excluding carboxylic acids is 2. The lowest BCUT2D eigenvalue weighted by Gasteiger charge is -2.20. The number of rotatable bonds is 11. The van der Waals surface area contributed by atoms with Gasteiger partial charge in [-0.15, -0.1) is 13.2 Å². The van der Waals surface area contributed by atoms with Crippen molar-refractivity contribution in [3.63, 3.8) is 0 Å². The van der Waals surface area contributed by atoms with Gasteiger partial charge >= 0.3 is 0 Å². The van der Waals surface area contributed by atoms with Crippen LogP contribution in [-0.2, 0) is 29.0 Å². The van der Waals surface area contributed by atoms with Crippen molar-refractivity contribution in [2.45, 2.75) is 26.3 Å². The van der Waals surface area contributed by atoms with Gasteiger partial charge in [-0.25, -0.2) is 4.98 Å². The van der Waals surface area contributed by atoms with Crippen LogP contribution in [0, 0.1) is 6.92 Å². The Balaban J connectivity index is 1.70. The Kier molecular flexibility index (Phi) is 7.97. The average molecular weight is 431 g/mol. The third kappa shape index (κ3) is 5.72. The van der Waals surface area contributed by atoms with Crippen LogP contribution in [0.15, 0.2) is 73.8 Å². The van der Waals surface area contributed by atoms with Gasteiger partial charge in [-0.3, -0.25) is 9.59 Å². The monoisotopic (exact) mass is 430 g/mol. The molecule has 0 radical (unpaired) electrons. The molecule has 6 heteroatoms. The average Bonchev–Trinajstić information content (AvgIpc) is 3.12. The van der Waals surface area contributed by atoms with Crippen molar-refractivity contribution in [1.82, 2.24) is 19.8 Å². The fraction of sp³-hybridized carbons (Fsp3) is 0.269. The summed E-state index contributed by atoms with van der Waals surface area (Å²) in [5, 5.41) is 2.98. The quantitative estimate of drug-likeness (QED) is 0.474. The van der Waals surface area contributed by atoms with Crippen LogP contribution in [0.5, 0.6) is 0 Å². The zero-order chi connectivity index (χ0) is 22.9. The Bertz CT molecular complexity index is 1110. The molecule has 0 atom stereocenters. The summed E-state index contributed by atoms with van der Waals surface area (Å²) < 4.78 is 1.93. The molecule has 0 aliphatic rings. The molecule has 0 fully saturated rings. The normalized spacial score (nSPS) is 10.7. The lowest BCUT2D eigenvalue weighted by atomic mass is 10.1. The maximum absolute atomic E-state index is 12.9. The van der Waals surface area contributed by atoms with E-state index in [1.165, 1.54) is 0 Å². The van der Waals surface area contributed by atoms with Crippen molar-refractivity contribution in [3.05, 3.63) is 90.8 Å². The molecule has 0 aliphatic carbocycles. The minimum atomic E-state index is -0.0298. The first-order valence-corrected chi connectivity index (χ1v) is 10.8. The smallest absolute Gasteiger partial charge is 0.243 e. The molecule has 3 rings (SSSR count). The number of amides is 2. The number of nitrogens with zero attached hydrogens (tertiary/aromatic N) is 3. The minimum Gasteiger partial charge on any atom is -0.355 e. The largest absolute Gasteiger partial charge is 0.355 e. The lowest BCUT2D eigenvalue weighted by Crippen LogP contribution is -2.34. The van der Waals surface area contributed by atoms with Crippen molar-refractivity contribution in [2.24, 2.45) is 0 Å². The first-order valence-electron chi connectivity index (χ1n) is 10.8. The van der Waals surface area contributed by atoms with Crippen LogP contribution in [-0.4, -0.2) is 45.9 Å². The van der Waals surface area contributed by atoms with Gasteiger partial charge in [0.2, 0.25) is 11.8 Å². The summed E-state index contributed by atoms with van der Waals surface area (Å²) in [7, 11) is 0. The molecule has 0 saturated carbocycles. The Hall–Kier alpha value is -3.67. The Morgan fingerprint density at radius 3 is 2.47 bits per heavy atom. The topological polar surface area (TPSA) is 67.2 Å². The van der Waals surface area contributed by atoms with E-state index in [4.69, 9.17) is 4.98 Å². The van der Waals surface area contributed by atoms with Crippen LogP contribution < -0.4 is 5.32 Å². The van der Waals surface area contributed by atoms with Crippen molar-refractivity contribution in [3.8, 4) is 0 Å². The van der Waals surface area contributed by atoms with Crippen molar-refractivity contribution >= 4 is 22.8 Å². The van der Waals surface area contributed by atoms with Gasteiger partial charge in [0.05, 0.1) is 17.5 Å². The van der Waals surface area contributed by atoms with Crippen molar-refractivity contribution < 1.29 is 9.59 Å². The number of hydrogen-bond donors (Lipinski definition) is 1. The SMILES string of the molecule is C=CCN(CC=C)C(=O)Cn1c(CCNC(=O)Cc2ccccc2C)nc2ccccc21. The highest BCUT2D eigenvalue weighted by atomic mass is 16.2. The molecule has 0 saturated heterocycles. The number of para-hydroxylation sites is 2. The number of imidazole rings is 1. The van der Waals surface area contributed by atoms with E-state index in [9.17, 15) is 9.59 Å². The third-order valence-corrected chi connectivity index (χ3v) is 5.36. The molecule has 2 aromatic carbocycles. The van der Waals surface area contributed by atoms with Crippen molar-refractivity contribution in [1.29, 1.82) is 0 Å². The predicted octanol–water partition coefficient (Wildman–Crippen LogP) is 3.45. The van der Waals surface area contributed by atoms with E-state index in [1.54, 1.807) is 17.1 Å². The van der Waals surface area contributed by atoms with E-state index in [0.29, 0.717) is 32.5 Å². The van der Waals surface area contributed by atoms with E-state index in [1.807, 2.05) is 60.0 Å². The summed E-state index contributed by atoms with van der Waals surface area (Å²) in [4.78, 5) is 31.7. The molecule has 1 heterocycles. The van der Waals surface area contributed by atoms with E-state index in [2.05, 4.69) is 18.5 Å². The van der Waals surface area contributed by atoms with E-state index >= 15 is 0 Å². The fourth-order valence-corrected chi connectivity index (χ4v) is 3.68. The zero-order valence-electron chi connectivity index (χ0n) is 18.6. The first kappa shape index (κ1) is 23.0. The second kappa shape index (κ2) is 11.1. The van der Waals surface area contributed by atoms with Crippen LogP contribution in [0.1, 0.15) is 17.0 Å². The van der Waals surface area contributed by atoms with Crippen molar-refractivity contribution in [2.75, 3.05) is 19.6 Å². The highest BCUT2D eigenvalue weighted by Gasteiger charge is 2.17. The van der Waals surface area contributed by atoms with Gasteiger partial charge in [0, 0.05) is 26.1 Å². The number of carbonyl (C=O) groups is 2. The van der Waals surface area contributed by atoms with Gasteiger partial charge in [0.15, 0.2) is 0 Å². The number of hydrogen-bond acceptors (Lipinski definition) is 3. The standard InChI is InChI=1S/C26H30N4O2/c1-4-16-29(17-5-2)26(32)19-30-23-13-9-8-12-22(23)28-24(30)14-15-27-25(31)18-21-11-7-6-10-20(21)3/h4-13H,1-2,14-19H2,3H3,(H,27,31). The van der Waals surface area contributed by atoms with E-state index < -0.39 is 0 Å². The second-order valence-corrected chi connectivity index (χ2v) is 7.68. The predicted molar refractivity (Wildman–Crippen MR) is 128 cm³/mol. The van der Waals surface area contributed by atoms with E-state index in [0.717, 1.165) is 28.0 Å². The molecule has 1 aromatic heterocycles. The van der Waals surface area contributed by atoms with Crippen LogP contribution in [0.3, 0.4) is 0 Å². The molecule has 166 valence electrons. The van der Waals surface area contributed by atoms with Crippen LogP contribution in [0.25, 0.3) is 11.0 Å². The van der Waals surface area contributed by atoms with Crippen LogP contribution in [0.2, 0.25) is 0 Å². The number of aromatic nitrogens is 2. The summed E-state index contributed by atoms with van der Waals surface area (Å²) in [6.45, 7) is 11.0. The number of aryl methyl sites for hydroxylation is 1. The van der Waals surface area contributed by atoms with Gasteiger partial charge in [-0.1, -0.05) is 48.6 Å². The number of fused-ring (bicyclic) bond motifs is 1. The van der Waals surface area contributed by atoms with E-state index in [-0.39, 0.29) is 18.4 Å². The molecule has 32 heavy (non-hydrogen) atoms. The Morgan fingerprint density at radius 1 is 1.06 bits per heavy atom.